The molecule has 0 amide bonds. The molecule has 1 unspecified atom stereocenters. The summed E-state index contributed by atoms with van der Waals surface area (Å²) >= 11 is 0. The number of nitrogens with two attached hydrogens (primary N) is 1. The third-order valence-electron chi connectivity index (χ3n) is 4.04. The Bertz CT molecular complexity index is 447. The molecule has 4 nitrogen and oxygen atoms in total. The highest BCUT2D eigenvalue weighted by Gasteiger charge is 2.24. The minimum Gasteiger partial charge on any atom is -0.391 e. The molecule has 2 aliphatic rings. The third-order valence-corrected chi connectivity index (χ3v) is 4.04. The van der Waals surface area contributed by atoms with Crippen LogP contribution in [-0.2, 0) is 19.4 Å². The van der Waals surface area contributed by atoms with Crippen LogP contribution in [0.25, 0.3) is 0 Å². The molecule has 1 fully saturated rings. The molecule has 18 heavy (non-hydrogen) atoms. The standard InChI is InChI=1S/C14H21N3O/c15-8-11-7-10-3-1-2-4-13(10)16-14(11)17-6-5-12(18)9-17/h7,12,18H,1-6,8-9,15H2. The average Bonchev–Trinajstić information content (AvgIpc) is 2.83. The van der Waals surface area contributed by atoms with Crippen molar-refractivity contribution in [1.82, 2.24) is 4.98 Å². The van der Waals surface area contributed by atoms with Gasteiger partial charge in [-0.25, -0.2) is 4.98 Å². The number of aryl methyl sites for hydroxylation is 2. The second kappa shape index (κ2) is 4.86. The lowest BCUT2D eigenvalue weighted by atomic mass is 9.94. The summed E-state index contributed by atoms with van der Waals surface area (Å²) in [6.45, 7) is 2.11. The second-order valence-electron chi connectivity index (χ2n) is 5.38. The van der Waals surface area contributed by atoms with Crippen molar-refractivity contribution in [3.05, 3.63) is 22.9 Å². The molecule has 1 aromatic heterocycles. The average molecular weight is 247 g/mol. The van der Waals surface area contributed by atoms with Crippen LogP contribution in [0.1, 0.15) is 36.1 Å². The maximum atomic E-state index is 9.66. The number of fused-ring (bicyclic) bond motifs is 1. The fourth-order valence-electron chi connectivity index (χ4n) is 3.03. The number of β-amino-alcohol motifs (C(OH)–C–C–N with tert-alkyl or cyclic N) is 1. The van der Waals surface area contributed by atoms with E-state index in [4.69, 9.17) is 10.7 Å². The van der Waals surface area contributed by atoms with Crippen molar-refractivity contribution in [1.29, 1.82) is 0 Å². The number of rotatable bonds is 2. The molecule has 2 heterocycles. The van der Waals surface area contributed by atoms with Crippen LogP contribution >= 0.6 is 0 Å². The molecule has 3 N–H and O–H groups in total. The molecule has 1 saturated heterocycles. The lowest BCUT2D eigenvalue weighted by molar-refractivity contribution is 0.198. The van der Waals surface area contributed by atoms with Crippen LogP contribution in [0.5, 0.6) is 0 Å². The molecule has 1 aliphatic heterocycles. The summed E-state index contributed by atoms with van der Waals surface area (Å²) in [7, 11) is 0. The van der Waals surface area contributed by atoms with E-state index in [1.54, 1.807) is 0 Å². The van der Waals surface area contributed by atoms with Gasteiger partial charge in [0.25, 0.3) is 0 Å². The largest absolute Gasteiger partial charge is 0.391 e. The SMILES string of the molecule is NCc1cc2c(nc1N1CCC(O)C1)CCCC2. The molecule has 0 aromatic carbocycles. The summed E-state index contributed by atoms with van der Waals surface area (Å²) in [5.41, 5.74) is 9.61. The van der Waals surface area contributed by atoms with E-state index in [1.807, 2.05) is 0 Å². The Labute approximate surface area is 108 Å². The van der Waals surface area contributed by atoms with Crippen molar-refractivity contribution in [3.8, 4) is 0 Å². The normalized spacial score (nSPS) is 23.2. The van der Waals surface area contributed by atoms with Crippen molar-refractivity contribution < 1.29 is 5.11 Å². The van der Waals surface area contributed by atoms with Gasteiger partial charge in [0, 0.05) is 30.9 Å². The Morgan fingerprint density at radius 2 is 2.22 bits per heavy atom. The number of hydrogen-bond acceptors (Lipinski definition) is 4. The first kappa shape index (κ1) is 11.9. The van der Waals surface area contributed by atoms with Crippen LogP contribution in [0.4, 0.5) is 5.82 Å². The molecule has 0 saturated carbocycles. The van der Waals surface area contributed by atoms with Crippen molar-refractivity contribution in [2.24, 2.45) is 5.73 Å². The highest BCUT2D eigenvalue weighted by Crippen LogP contribution is 2.28. The third kappa shape index (κ3) is 2.10. The van der Waals surface area contributed by atoms with Crippen molar-refractivity contribution >= 4 is 5.82 Å². The predicted octanol–water partition coefficient (Wildman–Crippen LogP) is 0.990. The number of aliphatic hydroxyl groups is 1. The van der Waals surface area contributed by atoms with Crippen LogP contribution in [0, 0.1) is 0 Å². The van der Waals surface area contributed by atoms with Gasteiger partial charge in [-0.05, 0) is 43.7 Å². The topological polar surface area (TPSA) is 62.4 Å². The minimum absolute atomic E-state index is 0.214. The number of aliphatic hydroxyl groups excluding tert-OH is 1. The van der Waals surface area contributed by atoms with Gasteiger partial charge in [-0.15, -0.1) is 0 Å². The quantitative estimate of drug-likeness (QED) is 0.818. The fraction of sp³-hybridized carbons (Fsp3) is 0.643. The molecule has 4 heteroatoms. The molecular weight excluding hydrogens is 226 g/mol. The molecule has 0 spiro atoms. The van der Waals surface area contributed by atoms with E-state index in [-0.39, 0.29) is 6.10 Å². The van der Waals surface area contributed by atoms with E-state index in [0.717, 1.165) is 37.2 Å². The predicted molar refractivity (Wildman–Crippen MR) is 71.6 cm³/mol. The minimum atomic E-state index is -0.214. The summed E-state index contributed by atoms with van der Waals surface area (Å²) in [4.78, 5) is 7.02. The molecule has 0 radical (unpaired) electrons. The number of nitrogens with zero attached hydrogens (tertiary/aromatic N) is 2. The van der Waals surface area contributed by atoms with Gasteiger partial charge in [0.1, 0.15) is 5.82 Å². The summed E-state index contributed by atoms with van der Waals surface area (Å²) in [5.74, 6) is 1.01. The van der Waals surface area contributed by atoms with Gasteiger partial charge in [0.2, 0.25) is 0 Å². The zero-order chi connectivity index (χ0) is 12.5. The van der Waals surface area contributed by atoms with Crippen LogP contribution in [-0.4, -0.2) is 29.3 Å². The zero-order valence-electron chi connectivity index (χ0n) is 10.7. The van der Waals surface area contributed by atoms with Gasteiger partial charge in [0.05, 0.1) is 6.10 Å². The Kier molecular flexibility index (Phi) is 3.22. The van der Waals surface area contributed by atoms with Crippen LogP contribution in [0.2, 0.25) is 0 Å². The molecule has 1 aromatic rings. The number of pyridine rings is 1. The first-order valence-corrected chi connectivity index (χ1v) is 6.92. The summed E-state index contributed by atoms with van der Waals surface area (Å²) in [6.07, 6.45) is 5.35. The van der Waals surface area contributed by atoms with E-state index < -0.39 is 0 Å². The monoisotopic (exact) mass is 247 g/mol. The van der Waals surface area contributed by atoms with Gasteiger partial charge < -0.3 is 15.7 Å². The summed E-state index contributed by atoms with van der Waals surface area (Å²) in [5, 5.41) is 9.66. The van der Waals surface area contributed by atoms with Gasteiger partial charge in [-0.1, -0.05) is 0 Å². The highest BCUT2D eigenvalue weighted by molar-refractivity contribution is 5.51. The van der Waals surface area contributed by atoms with E-state index in [9.17, 15) is 5.11 Å². The van der Waals surface area contributed by atoms with Crippen LogP contribution in [0.3, 0.4) is 0 Å². The lowest BCUT2D eigenvalue weighted by Crippen LogP contribution is -2.25. The summed E-state index contributed by atoms with van der Waals surface area (Å²) < 4.78 is 0. The molecule has 0 bridgehead atoms. The van der Waals surface area contributed by atoms with Crippen molar-refractivity contribution in [2.75, 3.05) is 18.0 Å². The smallest absolute Gasteiger partial charge is 0.133 e. The first-order chi connectivity index (χ1) is 8.78. The molecule has 1 atom stereocenters. The van der Waals surface area contributed by atoms with E-state index in [0.29, 0.717) is 13.1 Å². The van der Waals surface area contributed by atoms with E-state index in [1.165, 1.54) is 24.1 Å². The van der Waals surface area contributed by atoms with E-state index >= 15 is 0 Å². The molecule has 98 valence electrons. The Hall–Kier alpha value is -1.13. The maximum absolute atomic E-state index is 9.66. The molecule has 3 rings (SSSR count). The Balaban J connectivity index is 1.97. The first-order valence-electron chi connectivity index (χ1n) is 6.92. The van der Waals surface area contributed by atoms with Crippen molar-refractivity contribution in [3.63, 3.8) is 0 Å². The lowest BCUT2D eigenvalue weighted by Gasteiger charge is -2.24. The van der Waals surface area contributed by atoms with Gasteiger partial charge in [-0.3, -0.25) is 0 Å². The van der Waals surface area contributed by atoms with Crippen molar-refractivity contribution in [2.45, 2.75) is 44.8 Å². The van der Waals surface area contributed by atoms with Gasteiger partial charge >= 0.3 is 0 Å². The Morgan fingerprint density at radius 3 is 2.94 bits per heavy atom. The number of aromatic nitrogens is 1. The zero-order valence-corrected chi connectivity index (χ0v) is 10.7. The number of hydrogen-bond donors (Lipinski definition) is 2. The van der Waals surface area contributed by atoms with Crippen LogP contribution in [0.15, 0.2) is 6.07 Å². The van der Waals surface area contributed by atoms with Crippen LogP contribution < -0.4 is 10.6 Å². The van der Waals surface area contributed by atoms with E-state index in [2.05, 4.69) is 11.0 Å². The van der Waals surface area contributed by atoms with Gasteiger partial charge in [-0.2, -0.15) is 0 Å². The number of anilines is 1. The molecular formula is C14H21N3O. The highest BCUT2D eigenvalue weighted by atomic mass is 16.3. The van der Waals surface area contributed by atoms with Gasteiger partial charge in [0.15, 0.2) is 0 Å². The second-order valence-corrected chi connectivity index (χ2v) is 5.38. The maximum Gasteiger partial charge on any atom is 0.133 e. The fourth-order valence-corrected chi connectivity index (χ4v) is 3.03. The summed E-state index contributed by atoms with van der Waals surface area (Å²) in [6, 6.07) is 2.24. The molecule has 1 aliphatic carbocycles. The Morgan fingerprint density at radius 1 is 1.39 bits per heavy atom.